The number of hydrogen-bond acceptors (Lipinski definition) is 10. The molecule has 0 fully saturated rings. The highest BCUT2D eigenvalue weighted by Crippen LogP contribution is 2.17. The highest BCUT2D eigenvalue weighted by Gasteiger charge is 2.05. The van der Waals surface area contributed by atoms with Crippen LogP contribution in [0.2, 0.25) is 0 Å². The molecule has 59 heavy (non-hydrogen) atoms. The first-order valence-electron chi connectivity index (χ1n) is 20.8. The van der Waals surface area contributed by atoms with Crippen LogP contribution in [0.25, 0.3) is 0 Å². The molecule has 0 aliphatic heterocycles. The summed E-state index contributed by atoms with van der Waals surface area (Å²) in [7, 11) is 0. The summed E-state index contributed by atoms with van der Waals surface area (Å²) >= 11 is 0. The van der Waals surface area contributed by atoms with Crippen molar-refractivity contribution >= 4 is 0 Å². The molecule has 0 aliphatic rings. The summed E-state index contributed by atoms with van der Waals surface area (Å²) in [4.78, 5) is 25.1. The van der Waals surface area contributed by atoms with Gasteiger partial charge in [0.1, 0.15) is 6.33 Å². The molecule has 10 nitrogen and oxygen atoms in total. The van der Waals surface area contributed by atoms with Gasteiger partial charge in [-0.25, -0.2) is 9.97 Å². The molecule has 0 amide bonds. The van der Waals surface area contributed by atoms with Crippen molar-refractivity contribution in [3.63, 3.8) is 0 Å². The molecule has 0 aliphatic carbocycles. The molecule has 0 bridgehead atoms. The van der Waals surface area contributed by atoms with Crippen molar-refractivity contribution in [1.29, 1.82) is 0 Å². The second-order valence-electron chi connectivity index (χ2n) is 16.2. The number of aromatic nitrogens is 10. The van der Waals surface area contributed by atoms with E-state index in [-0.39, 0.29) is 0 Å². The Morgan fingerprint density at radius 1 is 0.407 bits per heavy atom. The van der Waals surface area contributed by atoms with Gasteiger partial charge in [-0.15, -0.1) is 0 Å². The molecule has 10 heteroatoms. The Hall–Kier alpha value is -5.38. The molecule has 0 aromatic carbocycles. The maximum absolute atomic E-state index is 4.39. The van der Waals surface area contributed by atoms with E-state index in [9.17, 15) is 0 Å². The van der Waals surface area contributed by atoms with Crippen molar-refractivity contribution in [2.24, 2.45) is 0 Å². The standard InChI is InChI=1S/C10H15N.C9H14N2.C9H13N.3C7H10N2/c1-7(2)10-6-5-8(3)11-9(10)4;1-6(2)9-8(4)11-7(3)5-10-9;1-7(2)9-5-4-8(3)10-6-9;1-6(2)7-3-4-8-5-9-7;1-6(2)7-3-4-8-9-5-7;1-6(2)7-4-3-5-8-9-7/h5-7H,1-4H3;5-6H,1-4H3;4-7H,1-3H3;3*3-6H,1-2H3. The summed E-state index contributed by atoms with van der Waals surface area (Å²) in [6, 6.07) is 16.2. The average Bonchev–Trinajstić information content (AvgIpc) is 3.20. The third kappa shape index (κ3) is 21.8. The first-order chi connectivity index (χ1) is 27.8. The molecule has 318 valence electrons. The van der Waals surface area contributed by atoms with Gasteiger partial charge in [-0.3, -0.25) is 19.9 Å². The number of rotatable bonds is 6. The van der Waals surface area contributed by atoms with E-state index < -0.39 is 0 Å². The highest BCUT2D eigenvalue weighted by molar-refractivity contribution is 5.24. The van der Waals surface area contributed by atoms with E-state index in [1.165, 1.54) is 22.4 Å². The Morgan fingerprint density at radius 2 is 1.03 bits per heavy atom. The number of hydrogen-bond donors (Lipinski definition) is 0. The van der Waals surface area contributed by atoms with Crippen molar-refractivity contribution in [2.45, 2.75) is 153 Å². The van der Waals surface area contributed by atoms with Gasteiger partial charge in [0.15, 0.2) is 0 Å². The second kappa shape index (κ2) is 28.1. The van der Waals surface area contributed by atoms with Crippen molar-refractivity contribution < 1.29 is 0 Å². The molecular formula is C49H72N10. The highest BCUT2D eigenvalue weighted by atomic mass is 15.1. The Bertz CT molecular complexity index is 1800. The Kier molecular flexibility index (Phi) is 24.6. The zero-order chi connectivity index (χ0) is 44.5. The first-order valence-corrected chi connectivity index (χ1v) is 20.8. The van der Waals surface area contributed by atoms with Gasteiger partial charge in [-0.2, -0.15) is 20.4 Å². The van der Waals surface area contributed by atoms with Gasteiger partial charge in [-0.05, 0) is 123 Å². The van der Waals surface area contributed by atoms with Crippen LogP contribution in [-0.4, -0.2) is 50.3 Å². The van der Waals surface area contributed by atoms with Crippen LogP contribution in [0.4, 0.5) is 0 Å². The Labute approximate surface area is 356 Å². The predicted octanol–water partition coefficient (Wildman–Crippen LogP) is 12.4. The zero-order valence-corrected chi connectivity index (χ0v) is 39.1. The van der Waals surface area contributed by atoms with Crippen LogP contribution in [0.5, 0.6) is 0 Å². The lowest BCUT2D eigenvalue weighted by Gasteiger charge is -2.08. The summed E-state index contributed by atoms with van der Waals surface area (Å²) in [6.45, 7) is 35.8. The average molecular weight is 801 g/mol. The lowest BCUT2D eigenvalue weighted by molar-refractivity contribution is 0.785. The van der Waals surface area contributed by atoms with Gasteiger partial charge in [-0.1, -0.05) is 95.2 Å². The molecule has 0 saturated heterocycles. The molecule has 0 saturated carbocycles. The molecule has 0 N–H and O–H groups in total. The van der Waals surface area contributed by atoms with Crippen LogP contribution in [0.15, 0.2) is 92.0 Å². The van der Waals surface area contributed by atoms with Gasteiger partial charge in [0.2, 0.25) is 0 Å². The molecule has 6 aromatic heterocycles. The second-order valence-corrected chi connectivity index (χ2v) is 16.2. The SMILES string of the molecule is CC(C)c1cccnn1.CC(C)c1ccncn1.CC(C)c1ccnnc1.Cc1ccc(C(C)C)c(C)n1.Cc1ccc(C(C)C)cn1.Cc1cnc(C(C)C)c(C)n1. The van der Waals surface area contributed by atoms with Crippen LogP contribution in [0.3, 0.4) is 0 Å². The topological polar surface area (TPSA) is 129 Å². The van der Waals surface area contributed by atoms with Crippen molar-refractivity contribution in [1.82, 2.24) is 50.3 Å². The van der Waals surface area contributed by atoms with Gasteiger partial charge >= 0.3 is 0 Å². The van der Waals surface area contributed by atoms with E-state index in [1.54, 1.807) is 31.1 Å². The monoisotopic (exact) mass is 801 g/mol. The lowest BCUT2D eigenvalue weighted by Crippen LogP contribution is -2.00. The summed E-state index contributed by atoms with van der Waals surface area (Å²) in [5.41, 5.74) is 12.6. The number of aryl methyl sites for hydroxylation is 5. The number of pyridine rings is 2. The van der Waals surface area contributed by atoms with E-state index >= 15 is 0 Å². The normalized spacial score (nSPS) is 10.4. The van der Waals surface area contributed by atoms with Gasteiger partial charge in [0.05, 0.1) is 29.0 Å². The maximum atomic E-state index is 4.39. The fourth-order valence-corrected chi connectivity index (χ4v) is 5.21. The van der Waals surface area contributed by atoms with Gasteiger partial charge < -0.3 is 0 Å². The van der Waals surface area contributed by atoms with E-state index in [4.69, 9.17) is 0 Å². The van der Waals surface area contributed by atoms with Crippen LogP contribution in [0.1, 0.15) is 181 Å². The maximum Gasteiger partial charge on any atom is 0.115 e. The Morgan fingerprint density at radius 3 is 1.42 bits per heavy atom. The minimum absolute atomic E-state index is 0.475. The first kappa shape index (κ1) is 51.6. The fraction of sp³-hybridized carbons (Fsp3) is 0.469. The van der Waals surface area contributed by atoms with Crippen molar-refractivity contribution in [3.8, 4) is 0 Å². The smallest absolute Gasteiger partial charge is 0.115 e. The fourth-order valence-electron chi connectivity index (χ4n) is 5.21. The van der Waals surface area contributed by atoms with E-state index in [0.29, 0.717) is 35.5 Å². The van der Waals surface area contributed by atoms with Crippen LogP contribution >= 0.6 is 0 Å². The largest absolute Gasteiger partial charge is 0.261 e. The zero-order valence-electron chi connectivity index (χ0n) is 39.1. The minimum Gasteiger partial charge on any atom is -0.261 e. The third-order valence-corrected chi connectivity index (χ3v) is 8.80. The summed E-state index contributed by atoms with van der Waals surface area (Å²) in [5, 5.41) is 15.1. The third-order valence-electron chi connectivity index (χ3n) is 8.80. The van der Waals surface area contributed by atoms with E-state index in [2.05, 4.69) is 165 Å². The summed E-state index contributed by atoms with van der Waals surface area (Å²) in [5.74, 6) is 3.20. The predicted molar refractivity (Wildman–Crippen MR) is 245 cm³/mol. The molecule has 6 aromatic rings. The van der Waals surface area contributed by atoms with E-state index in [1.807, 2.05) is 64.4 Å². The molecule has 6 heterocycles. The van der Waals surface area contributed by atoms with Crippen LogP contribution in [-0.2, 0) is 0 Å². The molecule has 0 spiro atoms. The molecule has 6 rings (SSSR count). The van der Waals surface area contributed by atoms with Crippen molar-refractivity contribution in [2.75, 3.05) is 0 Å². The molecular weight excluding hydrogens is 729 g/mol. The van der Waals surface area contributed by atoms with E-state index in [0.717, 1.165) is 39.9 Å². The lowest BCUT2D eigenvalue weighted by atomic mass is 10.0. The Balaban J connectivity index is 0.000000355. The molecule has 0 atom stereocenters. The van der Waals surface area contributed by atoms with Crippen LogP contribution < -0.4 is 0 Å². The van der Waals surface area contributed by atoms with Crippen molar-refractivity contribution in [3.05, 3.63) is 154 Å². The summed E-state index contributed by atoms with van der Waals surface area (Å²) < 4.78 is 0. The van der Waals surface area contributed by atoms with Gasteiger partial charge in [0, 0.05) is 53.8 Å². The molecule has 0 radical (unpaired) electrons. The minimum atomic E-state index is 0.475. The van der Waals surface area contributed by atoms with Gasteiger partial charge in [0.25, 0.3) is 0 Å². The quantitative estimate of drug-likeness (QED) is 0.160. The van der Waals surface area contributed by atoms with Crippen LogP contribution in [0, 0.1) is 34.6 Å². The summed E-state index contributed by atoms with van der Waals surface area (Å²) in [6.07, 6.45) is 12.3. The molecule has 0 unspecified atom stereocenters. The number of nitrogens with zero attached hydrogens (tertiary/aromatic N) is 10.